The molecule has 0 aromatic carbocycles. The quantitative estimate of drug-likeness (QED) is 0.520. The molecule has 0 aromatic heterocycles. The van der Waals surface area contributed by atoms with Crippen molar-refractivity contribution in [2.24, 2.45) is 23.7 Å². The van der Waals surface area contributed by atoms with Gasteiger partial charge in [0.1, 0.15) is 6.17 Å². The lowest BCUT2D eigenvalue weighted by atomic mass is 9.71. The van der Waals surface area contributed by atoms with Gasteiger partial charge in [-0.15, -0.1) is 0 Å². The Morgan fingerprint density at radius 1 is 0.720 bits per heavy atom. The van der Waals surface area contributed by atoms with Crippen LogP contribution in [0.2, 0.25) is 0 Å². The Morgan fingerprint density at radius 3 is 1.96 bits per heavy atom. The third kappa shape index (κ3) is 4.51. The van der Waals surface area contributed by atoms with Crippen LogP contribution >= 0.6 is 0 Å². The van der Waals surface area contributed by atoms with Gasteiger partial charge in [-0.05, 0) is 56.3 Å². The molecule has 0 bridgehead atoms. The Balaban J connectivity index is 1.51. The van der Waals surface area contributed by atoms with Gasteiger partial charge in [-0.2, -0.15) is 8.78 Å². The molecular weight excluding hydrogens is 332 g/mol. The lowest BCUT2D eigenvalue weighted by Gasteiger charge is -2.40. The monoisotopic (exact) mass is 364 g/mol. The Kier molecular flexibility index (Phi) is 6.33. The molecule has 3 saturated carbocycles. The highest BCUT2D eigenvalue weighted by atomic mass is 19.3. The van der Waals surface area contributed by atoms with E-state index >= 15 is 0 Å². The Bertz CT molecular complexity index is 416. The third-order valence-electron chi connectivity index (χ3n) is 6.98. The van der Waals surface area contributed by atoms with Crippen LogP contribution in [-0.4, -0.2) is 24.6 Å². The van der Waals surface area contributed by atoms with Gasteiger partial charge in [-0.3, -0.25) is 0 Å². The maximum atomic E-state index is 14.5. The van der Waals surface area contributed by atoms with Crippen LogP contribution in [0.1, 0.15) is 77.6 Å². The summed E-state index contributed by atoms with van der Waals surface area (Å²) < 4.78 is 61.8. The summed E-state index contributed by atoms with van der Waals surface area (Å²) in [5.41, 5.74) is 0. The highest BCUT2D eigenvalue weighted by molar-refractivity contribution is 4.89. The van der Waals surface area contributed by atoms with E-state index in [1.54, 1.807) is 6.92 Å². The van der Waals surface area contributed by atoms with Crippen LogP contribution < -0.4 is 0 Å². The summed E-state index contributed by atoms with van der Waals surface area (Å²) in [5.74, 6) is -0.00928. The van der Waals surface area contributed by atoms with Crippen molar-refractivity contribution in [3.8, 4) is 0 Å². The van der Waals surface area contributed by atoms with E-state index in [-0.39, 0.29) is 6.42 Å². The van der Waals surface area contributed by atoms with Crippen molar-refractivity contribution in [3.05, 3.63) is 0 Å². The van der Waals surface area contributed by atoms with Crippen LogP contribution in [0, 0.1) is 23.7 Å². The molecule has 0 radical (unpaired) electrons. The number of alkyl halides is 4. The van der Waals surface area contributed by atoms with Crippen molar-refractivity contribution in [1.29, 1.82) is 0 Å². The molecule has 4 unspecified atom stereocenters. The highest BCUT2D eigenvalue weighted by Gasteiger charge is 2.49. The van der Waals surface area contributed by atoms with Gasteiger partial charge in [0.25, 0.3) is 0 Å². The van der Waals surface area contributed by atoms with Gasteiger partial charge in [-0.1, -0.05) is 39.0 Å². The van der Waals surface area contributed by atoms with E-state index in [0.717, 1.165) is 12.8 Å². The minimum absolute atomic E-state index is 0.176. The van der Waals surface area contributed by atoms with Gasteiger partial charge in [0, 0.05) is 0 Å². The number of halogens is 4. The largest absolute Gasteiger partial charge is 0.358 e. The van der Waals surface area contributed by atoms with Gasteiger partial charge in [-0.25, -0.2) is 8.78 Å². The second-order valence-electron chi connectivity index (χ2n) is 8.67. The molecule has 4 atom stereocenters. The molecule has 0 amide bonds. The number of hydrogen-bond acceptors (Lipinski definition) is 1. The third-order valence-corrected chi connectivity index (χ3v) is 6.98. The zero-order chi connectivity index (χ0) is 18.0. The van der Waals surface area contributed by atoms with E-state index in [2.05, 4.69) is 0 Å². The van der Waals surface area contributed by atoms with Crippen LogP contribution in [0.3, 0.4) is 0 Å². The minimum atomic E-state index is -3.34. The molecule has 1 nitrogen and oxygen atoms in total. The van der Waals surface area contributed by atoms with Gasteiger partial charge in [0.15, 0.2) is 6.17 Å². The van der Waals surface area contributed by atoms with E-state index < -0.39 is 36.4 Å². The molecule has 5 heteroatoms. The average Bonchev–Trinajstić information content (AvgIpc) is 2.63. The molecule has 0 aliphatic heterocycles. The molecule has 3 rings (SSSR count). The van der Waals surface area contributed by atoms with Gasteiger partial charge >= 0.3 is 6.11 Å². The number of rotatable bonds is 4. The van der Waals surface area contributed by atoms with Crippen LogP contribution in [0.15, 0.2) is 0 Å². The van der Waals surface area contributed by atoms with E-state index in [0.29, 0.717) is 31.1 Å². The second kappa shape index (κ2) is 8.14. The first-order chi connectivity index (χ1) is 11.9. The second-order valence-corrected chi connectivity index (χ2v) is 8.67. The lowest BCUT2D eigenvalue weighted by Crippen LogP contribution is -2.47. The fourth-order valence-corrected chi connectivity index (χ4v) is 5.22. The van der Waals surface area contributed by atoms with Crippen LogP contribution in [0.25, 0.3) is 0 Å². The summed E-state index contributed by atoms with van der Waals surface area (Å²) >= 11 is 0. The van der Waals surface area contributed by atoms with E-state index in [1.165, 1.54) is 32.1 Å². The smallest absolute Gasteiger partial charge is 0.314 e. The summed E-state index contributed by atoms with van der Waals surface area (Å²) in [6.45, 7) is 1.62. The van der Waals surface area contributed by atoms with Crippen molar-refractivity contribution in [1.82, 2.24) is 0 Å². The topological polar surface area (TPSA) is 9.23 Å². The van der Waals surface area contributed by atoms with Gasteiger partial charge in [0.2, 0.25) is 0 Å². The van der Waals surface area contributed by atoms with E-state index in [4.69, 9.17) is 4.74 Å². The first kappa shape index (κ1) is 19.4. The Hall–Kier alpha value is -0.320. The van der Waals surface area contributed by atoms with Gasteiger partial charge in [0.05, 0.1) is 12.0 Å². The fraction of sp³-hybridized carbons (Fsp3) is 1.00. The van der Waals surface area contributed by atoms with Gasteiger partial charge < -0.3 is 4.74 Å². The molecule has 0 heterocycles. The van der Waals surface area contributed by atoms with Crippen molar-refractivity contribution < 1.29 is 22.3 Å². The van der Waals surface area contributed by atoms with E-state index in [1.807, 2.05) is 0 Å². The molecular formula is C20H32F4O. The van der Waals surface area contributed by atoms with E-state index in [9.17, 15) is 17.6 Å². The van der Waals surface area contributed by atoms with Crippen molar-refractivity contribution >= 4 is 0 Å². The zero-order valence-corrected chi connectivity index (χ0v) is 15.2. The number of ether oxygens (including phenoxy) is 1. The molecule has 0 saturated heterocycles. The SMILES string of the molecule is CC1CCC(OC(F)(F)C2CCC(C3CCCCC3)CC2)C(F)C1F. The molecule has 3 aliphatic carbocycles. The standard InChI is InChI=1S/C20H32F4O/c1-13-7-12-17(19(22)18(13)21)25-20(23,24)16-10-8-15(9-11-16)14-5-3-2-4-6-14/h13-19H,2-12H2,1H3. The summed E-state index contributed by atoms with van der Waals surface area (Å²) in [4.78, 5) is 0. The molecule has 0 spiro atoms. The Labute approximate surface area is 148 Å². The molecule has 3 aliphatic rings. The van der Waals surface area contributed by atoms with Crippen LogP contribution in [-0.2, 0) is 4.74 Å². The minimum Gasteiger partial charge on any atom is -0.314 e. The predicted octanol–water partition coefficient (Wildman–Crippen LogP) is 6.46. The van der Waals surface area contributed by atoms with Crippen LogP contribution in [0.5, 0.6) is 0 Å². The maximum absolute atomic E-state index is 14.5. The first-order valence-corrected chi connectivity index (χ1v) is 10.2. The first-order valence-electron chi connectivity index (χ1n) is 10.2. The molecule has 0 aromatic rings. The fourth-order valence-electron chi connectivity index (χ4n) is 5.22. The summed E-state index contributed by atoms with van der Waals surface area (Å²) in [6, 6.07) is 0. The number of hydrogen-bond donors (Lipinski definition) is 0. The van der Waals surface area contributed by atoms with Crippen molar-refractivity contribution in [2.45, 2.75) is 102 Å². The van der Waals surface area contributed by atoms with Crippen molar-refractivity contribution in [2.75, 3.05) is 0 Å². The maximum Gasteiger partial charge on any atom is 0.358 e. The normalized spacial score (nSPS) is 41.6. The zero-order valence-electron chi connectivity index (χ0n) is 15.2. The molecule has 146 valence electrons. The average molecular weight is 364 g/mol. The molecule has 0 N–H and O–H groups in total. The highest BCUT2D eigenvalue weighted by Crippen LogP contribution is 2.46. The predicted molar refractivity (Wildman–Crippen MR) is 90.0 cm³/mol. The summed E-state index contributed by atoms with van der Waals surface area (Å²) in [6.07, 6.45) is 1.13. The molecule has 3 fully saturated rings. The lowest BCUT2D eigenvalue weighted by molar-refractivity contribution is -0.312. The summed E-state index contributed by atoms with van der Waals surface area (Å²) in [7, 11) is 0. The molecule has 25 heavy (non-hydrogen) atoms. The summed E-state index contributed by atoms with van der Waals surface area (Å²) in [5, 5.41) is 0. The van der Waals surface area contributed by atoms with Crippen LogP contribution in [0.4, 0.5) is 17.6 Å². The Morgan fingerprint density at radius 2 is 1.32 bits per heavy atom. The van der Waals surface area contributed by atoms with Crippen molar-refractivity contribution in [3.63, 3.8) is 0 Å².